The lowest BCUT2D eigenvalue weighted by Crippen LogP contribution is -2.40. The first-order valence-corrected chi connectivity index (χ1v) is 5.65. The van der Waals surface area contributed by atoms with Gasteiger partial charge in [0.05, 0.1) is 5.56 Å². The molecule has 2 rings (SSSR count). The fourth-order valence-corrected chi connectivity index (χ4v) is 2.13. The van der Waals surface area contributed by atoms with Crippen LogP contribution < -0.4 is 10.6 Å². The maximum absolute atomic E-state index is 12.8. The molecule has 94 valence electrons. The molecule has 0 amide bonds. The van der Waals surface area contributed by atoms with Crippen molar-refractivity contribution >= 4 is 5.69 Å². The van der Waals surface area contributed by atoms with Crippen LogP contribution in [0.25, 0.3) is 0 Å². The van der Waals surface area contributed by atoms with Gasteiger partial charge in [0.2, 0.25) is 0 Å². The molecule has 0 radical (unpaired) electrons. The standard InChI is InChI=1S/C12H15F3N2/c13-12(14,15)10-3-1-2-4-11(10)17-7-5-9(16)6-8-17/h1-4,9H,5-8,16H2. The van der Waals surface area contributed by atoms with E-state index in [4.69, 9.17) is 5.73 Å². The monoisotopic (exact) mass is 244 g/mol. The highest BCUT2D eigenvalue weighted by Gasteiger charge is 2.35. The molecule has 5 heteroatoms. The zero-order chi connectivity index (χ0) is 12.5. The van der Waals surface area contributed by atoms with Gasteiger partial charge in [0, 0.05) is 24.8 Å². The van der Waals surface area contributed by atoms with Crippen LogP contribution in [0.1, 0.15) is 18.4 Å². The number of piperidine rings is 1. The van der Waals surface area contributed by atoms with Gasteiger partial charge in [0.1, 0.15) is 0 Å². The van der Waals surface area contributed by atoms with E-state index >= 15 is 0 Å². The Bertz CT molecular complexity index is 382. The summed E-state index contributed by atoms with van der Waals surface area (Å²) in [5.74, 6) is 0. The minimum Gasteiger partial charge on any atom is -0.371 e. The number of hydrogen-bond acceptors (Lipinski definition) is 2. The Balaban J connectivity index is 2.26. The number of benzene rings is 1. The highest BCUT2D eigenvalue weighted by Crippen LogP contribution is 2.37. The lowest BCUT2D eigenvalue weighted by molar-refractivity contribution is -0.137. The molecule has 1 aromatic carbocycles. The van der Waals surface area contributed by atoms with Crippen molar-refractivity contribution < 1.29 is 13.2 Å². The lowest BCUT2D eigenvalue weighted by Gasteiger charge is -2.33. The highest BCUT2D eigenvalue weighted by molar-refractivity contribution is 5.55. The van der Waals surface area contributed by atoms with Crippen molar-refractivity contribution in [2.24, 2.45) is 5.73 Å². The summed E-state index contributed by atoms with van der Waals surface area (Å²) in [5.41, 5.74) is 5.46. The molecule has 17 heavy (non-hydrogen) atoms. The Morgan fingerprint density at radius 2 is 1.71 bits per heavy atom. The molecule has 2 N–H and O–H groups in total. The number of nitrogens with zero attached hydrogens (tertiary/aromatic N) is 1. The summed E-state index contributed by atoms with van der Waals surface area (Å²) in [5, 5.41) is 0. The van der Waals surface area contributed by atoms with Gasteiger partial charge in [-0.25, -0.2) is 0 Å². The van der Waals surface area contributed by atoms with Gasteiger partial charge in [-0.1, -0.05) is 12.1 Å². The van der Waals surface area contributed by atoms with Crippen LogP contribution in [-0.2, 0) is 6.18 Å². The van der Waals surface area contributed by atoms with Crippen LogP contribution in [0.2, 0.25) is 0 Å². The van der Waals surface area contributed by atoms with Crippen molar-refractivity contribution in [1.82, 2.24) is 0 Å². The molecule has 1 heterocycles. The van der Waals surface area contributed by atoms with Crippen LogP contribution in [0, 0.1) is 0 Å². The van der Waals surface area contributed by atoms with Crippen LogP contribution in [0.4, 0.5) is 18.9 Å². The Kier molecular flexibility index (Phi) is 3.28. The summed E-state index contributed by atoms with van der Waals surface area (Å²) >= 11 is 0. The molecular formula is C12H15F3N2. The Hall–Kier alpha value is -1.23. The molecule has 0 aromatic heterocycles. The SMILES string of the molecule is NC1CCN(c2ccccc2C(F)(F)F)CC1. The van der Waals surface area contributed by atoms with Crippen LogP contribution in [0.5, 0.6) is 0 Å². The van der Waals surface area contributed by atoms with E-state index in [-0.39, 0.29) is 11.7 Å². The van der Waals surface area contributed by atoms with E-state index in [0.29, 0.717) is 13.1 Å². The van der Waals surface area contributed by atoms with Crippen LogP contribution in [0.15, 0.2) is 24.3 Å². The average molecular weight is 244 g/mol. The molecule has 1 saturated heterocycles. The predicted octanol–water partition coefficient (Wildman–Crippen LogP) is 2.63. The number of halogens is 3. The molecule has 0 spiro atoms. The van der Waals surface area contributed by atoms with E-state index in [0.717, 1.165) is 18.9 Å². The number of alkyl halides is 3. The summed E-state index contributed by atoms with van der Waals surface area (Å²) < 4.78 is 38.5. The number of nitrogens with two attached hydrogens (primary N) is 1. The molecule has 0 unspecified atom stereocenters. The molecule has 1 aliphatic heterocycles. The Morgan fingerprint density at radius 1 is 1.12 bits per heavy atom. The maximum atomic E-state index is 12.8. The minimum atomic E-state index is -4.30. The van der Waals surface area contributed by atoms with Crippen LogP contribution in [0.3, 0.4) is 0 Å². The molecular weight excluding hydrogens is 229 g/mol. The summed E-state index contributed by atoms with van der Waals surface area (Å²) in [6, 6.07) is 5.83. The second-order valence-electron chi connectivity index (χ2n) is 4.34. The topological polar surface area (TPSA) is 29.3 Å². The third-order valence-corrected chi connectivity index (χ3v) is 3.09. The van der Waals surface area contributed by atoms with Crippen molar-refractivity contribution in [2.75, 3.05) is 18.0 Å². The lowest BCUT2D eigenvalue weighted by atomic mass is 10.0. The zero-order valence-electron chi connectivity index (χ0n) is 9.37. The normalized spacial score (nSPS) is 18.5. The quantitative estimate of drug-likeness (QED) is 0.822. The number of hydrogen-bond donors (Lipinski definition) is 1. The summed E-state index contributed by atoms with van der Waals surface area (Å²) in [6.07, 6.45) is -2.81. The van der Waals surface area contributed by atoms with Gasteiger partial charge in [0.25, 0.3) is 0 Å². The Morgan fingerprint density at radius 3 is 2.29 bits per heavy atom. The maximum Gasteiger partial charge on any atom is 0.418 e. The van der Waals surface area contributed by atoms with Crippen molar-refractivity contribution in [1.29, 1.82) is 0 Å². The van der Waals surface area contributed by atoms with Gasteiger partial charge >= 0.3 is 6.18 Å². The van der Waals surface area contributed by atoms with Crippen molar-refractivity contribution in [2.45, 2.75) is 25.1 Å². The second-order valence-corrected chi connectivity index (χ2v) is 4.34. The van der Waals surface area contributed by atoms with Crippen molar-refractivity contribution in [3.05, 3.63) is 29.8 Å². The summed E-state index contributed by atoms with van der Waals surface area (Å²) in [7, 11) is 0. The molecule has 0 aliphatic carbocycles. The molecule has 1 fully saturated rings. The molecule has 0 atom stereocenters. The van der Waals surface area contributed by atoms with E-state index in [1.807, 2.05) is 0 Å². The third kappa shape index (κ3) is 2.72. The molecule has 0 bridgehead atoms. The third-order valence-electron chi connectivity index (χ3n) is 3.09. The van der Waals surface area contributed by atoms with Crippen LogP contribution in [-0.4, -0.2) is 19.1 Å². The average Bonchev–Trinajstić information content (AvgIpc) is 2.29. The number of para-hydroxylation sites is 1. The van der Waals surface area contributed by atoms with Gasteiger partial charge in [-0.15, -0.1) is 0 Å². The molecule has 1 aromatic rings. The van der Waals surface area contributed by atoms with E-state index < -0.39 is 11.7 Å². The van der Waals surface area contributed by atoms with E-state index in [2.05, 4.69) is 0 Å². The summed E-state index contributed by atoms with van der Waals surface area (Å²) in [6.45, 7) is 1.18. The Labute approximate surface area is 98.2 Å². The minimum absolute atomic E-state index is 0.115. The first kappa shape index (κ1) is 12.2. The van der Waals surface area contributed by atoms with E-state index in [1.54, 1.807) is 11.0 Å². The first-order valence-electron chi connectivity index (χ1n) is 5.65. The van der Waals surface area contributed by atoms with Crippen molar-refractivity contribution in [3.63, 3.8) is 0 Å². The molecule has 1 aliphatic rings. The van der Waals surface area contributed by atoms with Gasteiger partial charge in [-0.05, 0) is 25.0 Å². The smallest absolute Gasteiger partial charge is 0.371 e. The number of anilines is 1. The van der Waals surface area contributed by atoms with Crippen LogP contribution >= 0.6 is 0 Å². The zero-order valence-corrected chi connectivity index (χ0v) is 9.37. The highest BCUT2D eigenvalue weighted by atomic mass is 19.4. The first-order chi connectivity index (χ1) is 7.98. The summed E-state index contributed by atoms with van der Waals surface area (Å²) in [4.78, 5) is 1.77. The second kappa shape index (κ2) is 4.56. The fraction of sp³-hybridized carbons (Fsp3) is 0.500. The molecule has 0 saturated carbocycles. The van der Waals surface area contributed by atoms with Gasteiger partial charge in [0.15, 0.2) is 0 Å². The number of rotatable bonds is 1. The predicted molar refractivity (Wildman–Crippen MR) is 60.9 cm³/mol. The van der Waals surface area contributed by atoms with Gasteiger partial charge in [-0.2, -0.15) is 13.2 Å². The van der Waals surface area contributed by atoms with E-state index in [1.165, 1.54) is 12.1 Å². The fourth-order valence-electron chi connectivity index (χ4n) is 2.13. The molecule has 2 nitrogen and oxygen atoms in total. The van der Waals surface area contributed by atoms with E-state index in [9.17, 15) is 13.2 Å². The van der Waals surface area contributed by atoms with Gasteiger partial charge < -0.3 is 10.6 Å². The largest absolute Gasteiger partial charge is 0.418 e. The van der Waals surface area contributed by atoms with Crippen molar-refractivity contribution in [3.8, 4) is 0 Å². The van der Waals surface area contributed by atoms with Gasteiger partial charge in [-0.3, -0.25) is 0 Å².